The van der Waals surface area contributed by atoms with Gasteiger partial charge in [-0.15, -0.1) is 0 Å². The van der Waals surface area contributed by atoms with Crippen LogP contribution in [0.5, 0.6) is 0 Å². The van der Waals surface area contributed by atoms with Crippen LogP contribution in [-0.4, -0.2) is 5.91 Å². The van der Waals surface area contributed by atoms with Crippen LogP contribution < -0.4 is 11.0 Å². The third kappa shape index (κ3) is 2.16. The van der Waals surface area contributed by atoms with Crippen molar-refractivity contribution in [3.05, 3.63) is 39.2 Å². The Balaban J connectivity index is 3.19. The van der Waals surface area contributed by atoms with Gasteiger partial charge in [-0.1, -0.05) is 11.6 Å². The van der Waals surface area contributed by atoms with E-state index in [1.54, 1.807) is 0 Å². The summed E-state index contributed by atoms with van der Waals surface area (Å²) >= 11 is 5.58. The van der Waals surface area contributed by atoms with Crippen molar-refractivity contribution in [3.8, 4) is 0 Å². The molecule has 5 nitrogen and oxygen atoms in total. The third-order valence-corrected chi connectivity index (χ3v) is 1.80. The van der Waals surface area contributed by atoms with Crippen LogP contribution in [0.1, 0.15) is 10.4 Å². The average molecular weight is 202 g/mol. The molecule has 0 aliphatic carbocycles. The summed E-state index contributed by atoms with van der Waals surface area (Å²) in [5, 5.41) is 19.5. The van der Waals surface area contributed by atoms with E-state index in [9.17, 15) is 15.2 Å². The number of benzene rings is 1. The highest BCUT2D eigenvalue weighted by molar-refractivity contribution is 6.33. The van der Waals surface area contributed by atoms with Crippen LogP contribution in [0.25, 0.3) is 0 Å². The molecule has 0 unspecified atom stereocenters. The highest BCUT2D eigenvalue weighted by atomic mass is 35.5. The minimum Gasteiger partial charge on any atom is -0.628 e. The van der Waals surface area contributed by atoms with E-state index < -0.39 is 11.1 Å². The first-order chi connectivity index (χ1) is 6.02. The van der Waals surface area contributed by atoms with Crippen molar-refractivity contribution >= 4 is 23.2 Å². The molecule has 0 atom stereocenters. The van der Waals surface area contributed by atoms with E-state index in [2.05, 4.69) is 0 Å². The quantitative estimate of drug-likeness (QED) is 0.657. The van der Waals surface area contributed by atoms with Gasteiger partial charge in [0.1, 0.15) is 5.69 Å². The summed E-state index contributed by atoms with van der Waals surface area (Å²) in [6.45, 7) is 0. The Labute approximate surface area is 78.9 Å². The normalized spacial score (nSPS) is 10.5. The van der Waals surface area contributed by atoms with Crippen molar-refractivity contribution in [2.45, 2.75) is 0 Å². The number of hydrogen-bond donors (Lipinski definition) is 2. The highest BCUT2D eigenvalue weighted by Crippen LogP contribution is 2.17. The lowest BCUT2D eigenvalue weighted by Gasteiger charge is -2.24. The first kappa shape index (κ1) is 9.94. The van der Waals surface area contributed by atoms with Gasteiger partial charge in [-0.2, -0.15) is 0 Å². The molecule has 0 spiro atoms. The van der Waals surface area contributed by atoms with E-state index in [4.69, 9.17) is 17.3 Å². The number of halogens is 1. The second kappa shape index (κ2) is 3.71. The van der Waals surface area contributed by atoms with Crippen LogP contribution in [0, 0.1) is 10.4 Å². The largest absolute Gasteiger partial charge is 0.628 e. The molecule has 0 saturated heterocycles. The van der Waals surface area contributed by atoms with E-state index in [0.717, 1.165) is 6.07 Å². The van der Waals surface area contributed by atoms with Gasteiger partial charge < -0.3 is 21.4 Å². The molecule has 0 saturated carbocycles. The SMILES string of the molecule is NC(=O)c1cc([NH+]([O-])[O-])ccc1Cl. The third-order valence-electron chi connectivity index (χ3n) is 1.47. The van der Waals surface area contributed by atoms with Crippen molar-refractivity contribution < 1.29 is 10.0 Å². The lowest BCUT2D eigenvalue weighted by Crippen LogP contribution is -2.96. The van der Waals surface area contributed by atoms with Crippen LogP contribution in [0.4, 0.5) is 5.69 Å². The van der Waals surface area contributed by atoms with Crippen molar-refractivity contribution in [1.29, 1.82) is 0 Å². The Morgan fingerprint density at radius 2 is 2.08 bits per heavy atom. The monoisotopic (exact) mass is 201 g/mol. The average Bonchev–Trinajstić information content (AvgIpc) is 2.04. The molecule has 1 aromatic rings. The summed E-state index contributed by atoms with van der Waals surface area (Å²) in [6.07, 6.45) is 0. The molecule has 0 radical (unpaired) electrons. The fourth-order valence-corrected chi connectivity index (χ4v) is 1.05. The van der Waals surface area contributed by atoms with E-state index in [1.165, 1.54) is 12.1 Å². The summed E-state index contributed by atoms with van der Waals surface area (Å²) in [4.78, 5) is 10.7. The highest BCUT2D eigenvalue weighted by Gasteiger charge is 2.08. The molecule has 1 rings (SSSR count). The van der Waals surface area contributed by atoms with Crippen LogP contribution in [-0.2, 0) is 0 Å². The first-order valence-corrected chi connectivity index (χ1v) is 3.71. The van der Waals surface area contributed by atoms with Crippen molar-refractivity contribution in [2.75, 3.05) is 0 Å². The number of carbonyl (C=O) groups excluding carboxylic acids is 1. The van der Waals surface area contributed by atoms with Crippen LogP contribution in [0.2, 0.25) is 5.02 Å². The zero-order valence-electron chi connectivity index (χ0n) is 6.41. The number of quaternary nitrogens is 1. The topological polar surface area (TPSA) is 93.7 Å². The Morgan fingerprint density at radius 1 is 1.46 bits per heavy atom. The maximum absolute atomic E-state index is 10.7. The van der Waals surface area contributed by atoms with Crippen LogP contribution in [0.3, 0.4) is 0 Å². The predicted octanol–water partition coefficient (Wildman–Crippen LogP) is -0.0491. The summed E-state index contributed by atoms with van der Waals surface area (Å²) in [7, 11) is 0. The Hall–Kier alpha value is -1.14. The number of amides is 1. The zero-order valence-corrected chi connectivity index (χ0v) is 7.17. The van der Waals surface area contributed by atoms with Crippen LogP contribution in [0.15, 0.2) is 18.2 Å². The number of carbonyl (C=O) groups is 1. The Morgan fingerprint density at radius 3 is 2.54 bits per heavy atom. The molecule has 0 fully saturated rings. The van der Waals surface area contributed by atoms with Crippen molar-refractivity contribution in [1.82, 2.24) is 0 Å². The molecule has 0 aromatic heterocycles. The minimum atomic E-state index is -1.38. The summed E-state index contributed by atoms with van der Waals surface area (Å²) in [5.41, 5.74) is 4.80. The van der Waals surface area contributed by atoms with Crippen molar-refractivity contribution in [3.63, 3.8) is 0 Å². The molecule has 0 aliphatic rings. The minimum absolute atomic E-state index is 0.0247. The van der Waals surface area contributed by atoms with Crippen LogP contribution >= 0.6 is 11.6 Å². The molecular weight excluding hydrogens is 196 g/mol. The second-order valence-corrected chi connectivity index (χ2v) is 2.75. The maximum atomic E-state index is 10.7. The molecule has 6 heteroatoms. The van der Waals surface area contributed by atoms with Gasteiger partial charge in [0.25, 0.3) is 0 Å². The number of hydrogen-bond acceptors (Lipinski definition) is 3. The van der Waals surface area contributed by atoms with E-state index in [-0.39, 0.29) is 16.3 Å². The van der Waals surface area contributed by atoms with E-state index >= 15 is 0 Å². The Kier molecular flexibility index (Phi) is 2.84. The fourth-order valence-electron chi connectivity index (χ4n) is 0.841. The summed E-state index contributed by atoms with van der Waals surface area (Å²) in [5.74, 6) is -0.770. The summed E-state index contributed by atoms with van der Waals surface area (Å²) < 4.78 is 0. The zero-order chi connectivity index (χ0) is 10.0. The van der Waals surface area contributed by atoms with Gasteiger partial charge in [-0.05, 0) is 6.07 Å². The molecule has 1 amide bonds. The predicted molar refractivity (Wildman–Crippen MR) is 47.3 cm³/mol. The number of rotatable bonds is 2. The van der Waals surface area contributed by atoms with Gasteiger partial charge in [0.05, 0.1) is 10.6 Å². The molecule has 70 valence electrons. The van der Waals surface area contributed by atoms with E-state index in [0.29, 0.717) is 0 Å². The molecule has 0 aliphatic heterocycles. The van der Waals surface area contributed by atoms with Gasteiger partial charge in [-0.3, -0.25) is 4.79 Å². The lowest BCUT2D eigenvalue weighted by atomic mass is 10.2. The first-order valence-electron chi connectivity index (χ1n) is 3.33. The smallest absolute Gasteiger partial charge is 0.250 e. The molecule has 0 heterocycles. The number of primary amides is 1. The number of nitrogens with two attached hydrogens (primary N) is 1. The van der Waals surface area contributed by atoms with Gasteiger partial charge >= 0.3 is 0 Å². The van der Waals surface area contributed by atoms with Gasteiger partial charge in [0.2, 0.25) is 5.91 Å². The molecular formula is C7H6ClN2O3-. The molecule has 1 aromatic carbocycles. The second-order valence-electron chi connectivity index (χ2n) is 2.35. The lowest BCUT2D eigenvalue weighted by molar-refractivity contribution is -0.715. The van der Waals surface area contributed by atoms with E-state index in [1.807, 2.05) is 0 Å². The van der Waals surface area contributed by atoms with Gasteiger partial charge in [-0.25, -0.2) is 0 Å². The standard InChI is InChI=1S/C7H6ClN2O3/c8-6-2-1-4(10(12)13)3-5(6)7(9)11/h1-3,10H,(H2,9,11)/q-1. The molecule has 13 heavy (non-hydrogen) atoms. The fraction of sp³-hybridized carbons (Fsp3) is 0. The molecule has 3 N–H and O–H groups in total. The van der Waals surface area contributed by atoms with Gasteiger partial charge in [0, 0.05) is 12.1 Å². The van der Waals surface area contributed by atoms with Crippen molar-refractivity contribution in [2.24, 2.45) is 5.73 Å². The summed E-state index contributed by atoms with van der Waals surface area (Å²) in [6, 6.07) is 3.61. The Bertz CT molecular complexity index is 341. The maximum Gasteiger partial charge on any atom is 0.250 e. The van der Waals surface area contributed by atoms with Gasteiger partial charge in [0.15, 0.2) is 0 Å². The molecule has 0 bridgehead atoms. The number of nitrogens with one attached hydrogen (secondary N) is 1.